The van der Waals surface area contributed by atoms with E-state index in [2.05, 4.69) is 39.8 Å². The number of carbonyl (C=O) groups excluding carboxylic acids is 2. The molecule has 0 bridgehead atoms. The number of hydrogen-bond donors (Lipinski definition) is 1. The highest BCUT2D eigenvalue weighted by molar-refractivity contribution is 5.61. The first-order valence-electron chi connectivity index (χ1n) is 14.9. The molecule has 0 aromatic carbocycles. The van der Waals surface area contributed by atoms with Crippen molar-refractivity contribution in [1.82, 2.24) is 0 Å². The fraction of sp³-hybridized carbons (Fsp3) is 0.812. The zero-order valence-corrected chi connectivity index (χ0v) is 25.2. The van der Waals surface area contributed by atoms with Crippen LogP contribution in [0, 0.1) is 40.4 Å². The Hall–Kier alpha value is -2.02. The van der Waals surface area contributed by atoms with Crippen molar-refractivity contribution >= 4 is 12.3 Å². The Labute approximate surface area is 234 Å². The molecule has 3 fully saturated rings. The van der Waals surface area contributed by atoms with Crippen LogP contribution in [-0.4, -0.2) is 49.4 Å². The van der Waals surface area contributed by atoms with E-state index in [4.69, 9.17) is 18.9 Å². The Balaban J connectivity index is 1.60. The summed E-state index contributed by atoms with van der Waals surface area (Å²) in [5, 5.41) is 10.3. The van der Waals surface area contributed by atoms with Gasteiger partial charge in [-0.25, -0.2) is 9.59 Å². The molecule has 4 rings (SSSR count). The smallest absolute Gasteiger partial charge is 0.438 e. The van der Waals surface area contributed by atoms with E-state index >= 15 is 0 Å². The molecule has 0 aromatic rings. The molecule has 7 heteroatoms. The third-order valence-electron chi connectivity index (χ3n) is 11.3. The molecule has 1 unspecified atom stereocenters. The second-order valence-corrected chi connectivity index (χ2v) is 13.9. The topological polar surface area (TPSA) is 91.3 Å². The average Bonchev–Trinajstić information content (AvgIpc) is 3.24. The van der Waals surface area contributed by atoms with E-state index in [9.17, 15) is 14.7 Å². The van der Waals surface area contributed by atoms with Crippen LogP contribution in [0.1, 0.15) is 92.9 Å². The monoisotopic (exact) mass is 546 g/mol. The molecule has 0 radical (unpaired) electrons. The van der Waals surface area contributed by atoms with Gasteiger partial charge < -0.3 is 24.1 Å². The number of rotatable bonds is 7. The van der Waals surface area contributed by atoms with Crippen molar-refractivity contribution in [2.45, 2.75) is 111 Å². The summed E-state index contributed by atoms with van der Waals surface area (Å²) in [7, 11) is 2.63. The molecular formula is C32H50O7. The molecule has 0 aliphatic heterocycles. The third-order valence-corrected chi connectivity index (χ3v) is 11.3. The van der Waals surface area contributed by atoms with E-state index < -0.39 is 30.1 Å². The SMILES string of the molecule is COC(=O)O[C@@H]1CC2=CC=C3[C@@H]4CC[C@H]([C@H](C)C(C)CCC(C)(C)O)[C@@]4(C)CC[C@@H]3[C@@]2(C)[C@@H](OC(=O)OC)C1. The van der Waals surface area contributed by atoms with Gasteiger partial charge in [-0.2, -0.15) is 0 Å². The summed E-state index contributed by atoms with van der Waals surface area (Å²) in [6.45, 7) is 13.3. The molecule has 0 amide bonds. The van der Waals surface area contributed by atoms with Crippen molar-refractivity contribution in [1.29, 1.82) is 0 Å². The summed E-state index contributed by atoms with van der Waals surface area (Å²) < 4.78 is 21.1. The largest absolute Gasteiger partial charge is 0.508 e. The Morgan fingerprint density at radius 3 is 2.33 bits per heavy atom. The van der Waals surface area contributed by atoms with Crippen molar-refractivity contribution < 1.29 is 33.6 Å². The van der Waals surface area contributed by atoms with Crippen LogP contribution < -0.4 is 0 Å². The minimum atomic E-state index is -0.718. The van der Waals surface area contributed by atoms with Gasteiger partial charge in [0, 0.05) is 18.3 Å². The van der Waals surface area contributed by atoms with Gasteiger partial charge in [-0.3, -0.25) is 0 Å². The van der Waals surface area contributed by atoms with Crippen LogP contribution in [0.25, 0.3) is 0 Å². The number of ether oxygens (including phenoxy) is 4. The lowest BCUT2D eigenvalue weighted by Crippen LogP contribution is -2.54. The highest BCUT2D eigenvalue weighted by Gasteiger charge is 2.60. The lowest BCUT2D eigenvalue weighted by atomic mass is 9.49. The van der Waals surface area contributed by atoms with Crippen LogP contribution in [0.4, 0.5) is 9.59 Å². The highest BCUT2D eigenvalue weighted by atomic mass is 16.7. The van der Waals surface area contributed by atoms with Crippen LogP contribution in [0.3, 0.4) is 0 Å². The Kier molecular flexibility index (Phi) is 8.52. The van der Waals surface area contributed by atoms with Crippen molar-refractivity contribution in [2.24, 2.45) is 40.4 Å². The Morgan fingerprint density at radius 2 is 1.69 bits per heavy atom. The summed E-state index contributed by atoms with van der Waals surface area (Å²) in [5.41, 5.74) is 1.90. The summed E-state index contributed by atoms with van der Waals surface area (Å²) in [4.78, 5) is 24.2. The molecule has 7 nitrogen and oxygen atoms in total. The third kappa shape index (κ3) is 5.62. The van der Waals surface area contributed by atoms with Crippen molar-refractivity contribution in [3.8, 4) is 0 Å². The number of fused-ring (bicyclic) bond motifs is 5. The van der Waals surface area contributed by atoms with Crippen LogP contribution in [-0.2, 0) is 18.9 Å². The molecule has 39 heavy (non-hydrogen) atoms. The second kappa shape index (κ2) is 11.1. The minimum absolute atomic E-state index is 0.232. The van der Waals surface area contributed by atoms with Crippen molar-refractivity contribution in [3.63, 3.8) is 0 Å². The maximum Gasteiger partial charge on any atom is 0.508 e. The van der Waals surface area contributed by atoms with Crippen molar-refractivity contribution in [2.75, 3.05) is 14.2 Å². The van der Waals surface area contributed by atoms with Gasteiger partial charge in [0.15, 0.2) is 0 Å². The summed E-state index contributed by atoms with van der Waals surface area (Å²) in [5.74, 6) is 2.56. The molecule has 0 saturated heterocycles. The number of methoxy groups -OCH3 is 2. The minimum Gasteiger partial charge on any atom is -0.438 e. The summed E-state index contributed by atoms with van der Waals surface area (Å²) >= 11 is 0. The lowest BCUT2D eigenvalue weighted by molar-refractivity contribution is -0.0835. The van der Waals surface area contributed by atoms with E-state index in [1.54, 1.807) is 0 Å². The first-order chi connectivity index (χ1) is 18.2. The first-order valence-corrected chi connectivity index (χ1v) is 14.9. The Bertz CT molecular complexity index is 993. The van der Waals surface area contributed by atoms with Crippen LogP contribution in [0.2, 0.25) is 0 Å². The molecule has 4 aliphatic carbocycles. The van der Waals surface area contributed by atoms with Crippen LogP contribution in [0.15, 0.2) is 23.3 Å². The molecule has 4 aliphatic rings. The number of aliphatic hydroxyl groups is 1. The van der Waals surface area contributed by atoms with Gasteiger partial charge in [-0.15, -0.1) is 0 Å². The van der Waals surface area contributed by atoms with Gasteiger partial charge in [-0.05, 0) is 87.4 Å². The molecule has 9 atom stereocenters. The molecule has 0 aromatic heterocycles. The molecule has 3 saturated carbocycles. The standard InChI is InChI=1S/C32H50O7/c1-19(13-15-30(3,4)35)20(2)24-11-12-25-23-10-9-21-17-22(38-28(33)36-7)18-27(39-29(34)37-8)32(21,6)26(23)14-16-31(24,25)5/h9-10,19-20,22,24-27,35H,11-18H2,1-8H3/t19?,20-,22-,24-,25+,26+,27+,31-,32+/m1/s1. The van der Waals surface area contributed by atoms with Gasteiger partial charge in [0.1, 0.15) is 12.2 Å². The normalized spacial score (nSPS) is 37.2. The predicted molar refractivity (Wildman–Crippen MR) is 149 cm³/mol. The highest BCUT2D eigenvalue weighted by Crippen LogP contribution is 2.66. The van der Waals surface area contributed by atoms with Crippen LogP contribution >= 0.6 is 0 Å². The average molecular weight is 547 g/mol. The van der Waals surface area contributed by atoms with E-state index in [-0.39, 0.29) is 16.7 Å². The van der Waals surface area contributed by atoms with Crippen molar-refractivity contribution in [3.05, 3.63) is 23.3 Å². The molecule has 0 heterocycles. The van der Waals surface area contributed by atoms with Gasteiger partial charge in [0.25, 0.3) is 0 Å². The predicted octanol–water partition coefficient (Wildman–Crippen LogP) is 7.22. The number of hydrogen-bond acceptors (Lipinski definition) is 7. The second-order valence-electron chi connectivity index (χ2n) is 13.9. The number of allylic oxidation sites excluding steroid dienone is 3. The van der Waals surface area contributed by atoms with E-state index in [1.807, 2.05) is 13.8 Å². The quantitative estimate of drug-likeness (QED) is 0.337. The van der Waals surface area contributed by atoms with E-state index in [1.165, 1.54) is 32.6 Å². The van der Waals surface area contributed by atoms with E-state index in [0.717, 1.165) is 31.3 Å². The summed E-state index contributed by atoms with van der Waals surface area (Å²) in [6.07, 6.45) is 9.72. The Morgan fingerprint density at radius 1 is 1.03 bits per heavy atom. The zero-order chi connectivity index (χ0) is 28.8. The maximum absolute atomic E-state index is 12.3. The van der Waals surface area contributed by atoms with Gasteiger partial charge in [0.05, 0.1) is 19.8 Å². The molecule has 1 N–H and O–H groups in total. The van der Waals surface area contributed by atoms with E-state index in [0.29, 0.717) is 36.5 Å². The first kappa shape index (κ1) is 30.0. The van der Waals surface area contributed by atoms with Gasteiger partial charge in [-0.1, -0.05) is 51.0 Å². The lowest BCUT2D eigenvalue weighted by Gasteiger charge is -2.57. The van der Waals surface area contributed by atoms with Crippen LogP contribution in [0.5, 0.6) is 0 Å². The molecule has 220 valence electrons. The molecular weight excluding hydrogens is 496 g/mol. The molecule has 0 spiro atoms. The zero-order valence-electron chi connectivity index (χ0n) is 25.2. The fourth-order valence-electron chi connectivity index (χ4n) is 8.76. The van der Waals surface area contributed by atoms with Gasteiger partial charge >= 0.3 is 12.3 Å². The number of carbonyl (C=O) groups is 2. The summed E-state index contributed by atoms with van der Waals surface area (Å²) in [6, 6.07) is 0. The fourth-order valence-corrected chi connectivity index (χ4v) is 8.76. The maximum atomic E-state index is 12.3. The van der Waals surface area contributed by atoms with Gasteiger partial charge in [0.2, 0.25) is 0 Å².